The maximum Gasteiger partial charge on any atom is 0.243 e. The third kappa shape index (κ3) is 4.89. The van der Waals surface area contributed by atoms with Gasteiger partial charge < -0.3 is 10.4 Å². The van der Waals surface area contributed by atoms with Gasteiger partial charge in [0.25, 0.3) is 0 Å². The SMILES string of the molecule is O=S(=O)(c1ccc(Nc2ncc(/C=C/c3cccc(O)c3)s2)cc1)N1CCCCC1. The second-order valence-corrected chi connectivity index (χ2v) is 10.1. The lowest BCUT2D eigenvalue weighted by atomic mass is 10.2. The Bertz CT molecular complexity index is 1130. The van der Waals surface area contributed by atoms with Crippen molar-refractivity contribution in [2.24, 2.45) is 0 Å². The highest BCUT2D eigenvalue weighted by Crippen LogP contribution is 2.26. The molecule has 3 aromatic rings. The molecule has 1 aromatic heterocycles. The van der Waals surface area contributed by atoms with Crippen LogP contribution < -0.4 is 5.32 Å². The van der Waals surface area contributed by atoms with Crippen LogP contribution in [0.5, 0.6) is 5.75 Å². The van der Waals surface area contributed by atoms with Crippen molar-refractivity contribution in [3.05, 3.63) is 65.2 Å². The molecule has 0 bridgehead atoms. The number of hydrogen-bond donors (Lipinski definition) is 2. The number of nitrogens with one attached hydrogen (secondary N) is 1. The van der Waals surface area contributed by atoms with E-state index in [9.17, 15) is 13.5 Å². The molecule has 2 heterocycles. The summed E-state index contributed by atoms with van der Waals surface area (Å²) in [4.78, 5) is 5.65. The van der Waals surface area contributed by atoms with Crippen LogP contribution in [0.4, 0.5) is 10.8 Å². The molecule has 0 atom stereocenters. The van der Waals surface area contributed by atoms with E-state index in [1.165, 1.54) is 11.3 Å². The highest BCUT2D eigenvalue weighted by molar-refractivity contribution is 7.89. The minimum absolute atomic E-state index is 0.231. The van der Waals surface area contributed by atoms with Crippen LogP contribution in [0.3, 0.4) is 0 Å². The van der Waals surface area contributed by atoms with Crippen molar-refractivity contribution >= 4 is 44.3 Å². The van der Waals surface area contributed by atoms with Gasteiger partial charge >= 0.3 is 0 Å². The zero-order valence-electron chi connectivity index (χ0n) is 16.4. The summed E-state index contributed by atoms with van der Waals surface area (Å²) in [6, 6.07) is 13.8. The second kappa shape index (κ2) is 8.99. The van der Waals surface area contributed by atoms with Crippen molar-refractivity contribution in [3.8, 4) is 5.75 Å². The fraction of sp³-hybridized carbons (Fsp3) is 0.227. The summed E-state index contributed by atoms with van der Waals surface area (Å²) in [5, 5.41) is 13.5. The Labute approximate surface area is 180 Å². The van der Waals surface area contributed by atoms with Crippen LogP contribution in [-0.2, 0) is 10.0 Å². The van der Waals surface area contributed by atoms with Crippen LogP contribution in [0, 0.1) is 0 Å². The summed E-state index contributed by atoms with van der Waals surface area (Å²) < 4.78 is 27.1. The third-order valence-corrected chi connectivity index (χ3v) is 7.68. The number of aromatic nitrogens is 1. The summed E-state index contributed by atoms with van der Waals surface area (Å²) in [5.74, 6) is 0.231. The number of thiazole rings is 1. The largest absolute Gasteiger partial charge is 0.508 e. The highest BCUT2D eigenvalue weighted by Gasteiger charge is 2.25. The maximum atomic E-state index is 12.7. The summed E-state index contributed by atoms with van der Waals surface area (Å²) in [7, 11) is -3.42. The van der Waals surface area contributed by atoms with Gasteiger partial charge in [-0.2, -0.15) is 4.31 Å². The molecule has 0 spiro atoms. The topological polar surface area (TPSA) is 82.5 Å². The number of phenols is 1. The Kier molecular flexibility index (Phi) is 6.17. The Morgan fingerprint density at radius 2 is 1.80 bits per heavy atom. The van der Waals surface area contributed by atoms with Crippen molar-refractivity contribution in [1.29, 1.82) is 0 Å². The van der Waals surface area contributed by atoms with Gasteiger partial charge in [0.1, 0.15) is 5.75 Å². The van der Waals surface area contributed by atoms with Crippen molar-refractivity contribution < 1.29 is 13.5 Å². The van der Waals surface area contributed by atoms with Gasteiger partial charge in [0.2, 0.25) is 10.0 Å². The number of nitrogens with zero attached hydrogens (tertiary/aromatic N) is 2. The van der Waals surface area contributed by atoms with Crippen LogP contribution in [0.1, 0.15) is 29.7 Å². The number of rotatable bonds is 6. The van der Waals surface area contributed by atoms with E-state index in [0.717, 1.165) is 40.5 Å². The molecule has 4 rings (SSSR count). The molecule has 0 radical (unpaired) electrons. The average Bonchev–Trinajstić information content (AvgIpc) is 3.21. The first-order valence-electron chi connectivity index (χ1n) is 9.81. The van der Waals surface area contributed by atoms with E-state index in [1.54, 1.807) is 53.0 Å². The molecule has 0 unspecified atom stereocenters. The van der Waals surface area contributed by atoms with E-state index in [0.29, 0.717) is 18.0 Å². The predicted molar refractivity (Wildman–Crippen MR) is 121 cm³/mol. The van der Waals surface area contributed by atoms with Gasteiger partial charge in [-0.25, -0.2) is 13.4 Å². The fourth-order valence-electron chi connectivity index (χ4n) is 3.32. The quantitative estimate of drug-likeness (QED) is 0.566. The van der Waals surface area contributed by atoms with Gasteiger partial charge in [-0.3, -0.25) is 0 Å². The van der Waals surface area contributed by atoms with E-state index in [4.69, 9.17) is 0 Å². The number of anilines is 2. The molecule has 2 N–H and O–H groups in total. The first-order chi connectivity index (χ1) is 14.5. The number of piperidine rings is 1. The maximum absolute atomic E-state index is 12.7. The molecule has 30 heavy (non-hydrogen) atoms. The molecule has 1 aliphatic rings. The minimum atomic E-state index is -3.42. The molecular formula is C22H23N3O3S2. The van der Waals surface area contributed by atoms with Crippen molar-refractivity contribution in [2.45, 2.75) is 24.2 Å². The van der Waals surface area contributed by atoms with E-state index >= 15 is 0 Å². The molecule has 1 fully saturated rings. The second-order valence-electron chi connectivity index (χ2n) is 7.11. The Morgan fingerprint density at radius 3 is 2.53 bits per heavy atom. The minimum Gasteiger partial charge on any atom is -0.508 e. The first-order valence-corrected chi connectivity index (χ1v) is 12.1. The van der Waals surface area contributed by atoms with E-state index in [-0.39, 0.29) is 5.75 Å². The number of hydrogen-bond acceptors (Lipinski definition) is 6. The fourth-order valence-corrected chi connectivity index (χ4v) is 5.57. The molecule has 156 valence electrons. The molecule has 8 heteroatoms. The molecule has 2 aromatic carbocycles. The zero-order valence-corrected chi connectivity index (χ0v) is 18.0. The number of benzene rings is 2. The lowest BCUT2D eigenvalue weighted by Gasteiger charge is -2.25. The van der Waals surface area contributed by atoms with E-state index in [2.05, 4.69) is 10.3 Å². The number of sulfonamides is 1. The van der Waals surface area contributed by atoms with Crippen molar-refractivity contribution in [2.75, 3.05) is 18.4 Å². The molecule has 6 nitrogen and oxygen atoms in total. The Hall–Kier alpha value is -2.68. The monoisotopic (exact) mass is 441 g/mol. The van der Waals surface area contributed by atoms with Crippen LogP contribution >= 0.6 is 11.3 Å². The average molecular weight is 442 g/mol. The Balaban J connectivity index is 1.41. The zero-order chi connectivity index (χ0) is 21.0. The summed E-state index contributed by atoms with van der Waals surface area (Å²) in [6.45, 7) is 1.20. The van der Waals surface area contributed by atoms with Gasteiger partial charge in [-0.15, -0.1) is 0 Å². The standard InChI is InChI=1S/C22H23N3O3S2/c26-19-6-4-5-17(15-19)7-10-20-16-23-22(29-20)24-18-8-11-21(12-9-18)30(27,28)25-13-2-1-3-14-25/h4-12,15-16,26H,1-3,13-14H2,(H,23,24)/b10-7+. The number of aromatic hydroxyl groups is 1. The van der Waals surface area contributed by atoms with Gasteiger partial charge in [0, 0.05) is 29.9 Å². The third-order valence-electron chi connectivity index (χ3n) is 4.89. The molecule has 1 aliphatic heterocycles. The lowest BCUT2D eigenvalue weighted by Crippen LogP contribution is -2.35. The van der Waals surface area contributed by atoms with Gasteiger partial charge in [-0.05, 0) is 60.9 Å². The van der Waals surface area contributed by atoms with Crippen molar-refractivity contribution in [1.82, 2.24) is 9.29 Å². The molecule has 0 saturated carbocycles. The normalized spacial score (nSPS) is 15.5. The smallest absolute Gasteiger partial charge is 0.243 e. The molecule has 0 amide bonds. The van der Waals surface area contributed by atoms with Crippen LogP contribution in [-0.4, -0.2) is 35.9 Å². The van der Waals surface area contributed by atoms with Gasteiger partial charge in [0.15, 0.2) is 5.13 Å². The van der Waals surface area contributed by atoms with E-state index in [1.807, 2.05) is 18.2 Å². The van der Waals surface area contributed by atoms with Crippen LogP contribution in [0.2, 0.25) is 0 Å². The van der Waals surface area contributed by atoms with Crippen LogP contribution in [0.25, 0.3) is 12.2 Å². The number of phenolic OH excluding ortho intramolecular Hbond substituents is 1. The highest BCUT2D eigenvalue weighted by atomic mass is 32.2. The molecule has 1 saturated heterocycles. The van der Waals surface area contributed by atoms with Crippen molar-refractivity contribution in [3.63, 3.8) is 0 Å². The van der Waals surface area contributed by atoms with Gasteiger partial charge in [0.05, 0.1) is 4.90 Å². The lowest BCUT2D eigenvalue weighted by molar-refractivity contribution is 0.346. The molecular weight excluding hydrogens is 418 g/mol. The van der Waals surface area contributed by atoms with E-state index < -0.39 is 10.0 Å². The molecule has 0 aliphatic carbocycles. The first kappa shape index (κ1) is 20.6. The van der Waals surface area contributed by atoms with Gasteiger partial charge in [-0.1, -0.05) is 36.0 Å². The Morgan fingerprint density at radius 1 is 1.03 bits per heavy atom. The predicted octanol–water partition coefficient (Wildman–Crippen LogP) is 4.94. The van der Waals surface area contributed by atoms with Crippen LogP contribution in [0.15, 0.2) is 59.6 Å². The summed E-state index contributed by atoms with van der Waals surface area (Å²) in [6.07, 6.45) is 8.55. The summed E-state index contributed by atoms with van der Waals surface area (Å²) >= 11 is 1.49. The summed E-state index contributed by atoms with van der Waals surface area (Å²) in [5.41, 5.74) is 1.69.